The Kier molecular flexibility index (Phi) is 2.64. The number of rotatable bonds is 2. The van der Waals surface area contributed by atoms with E-state index >= 15 is 0 Å². The topological polar surface area (TPSA) is 55.4 Å². The molecule has 0 bridgehead atoms. The number of carbonyl (C=O) groups excluding carboxylic acids is 2. The zero-order chi connectivity index (χ0) is 11.7. The summed E-state index contributed by atoms with van der Waals surface area (Å²) in [5.74, 6) is 0.432. The van der Waals surface area contributed by atoms with Crippen molar-refractivity contribution >= 4 is 17.4 Å². The maximum Gasteiger partial charge on any atom is 0.265 e. The molecule has 4 nitrogen and oxygen atoms in total. The van der Waals surface area contributed by atoms with Crippen LogP contribution in [0.4, 0.5) is 5.69 Å². The zero-order valence-corrected chi connectivity index (χ0v) is 9.24. The second-order valence-corrected chi connectivity index (χ2v) is 3.77. The molecule has 1 N–H and O–H groups in total. The van der Waals surface area contributed by atoms with Gasteiger partial charge in [-0.2, -0.15) is 0 Å². The maximum absolute atomic E-state index is 11.5. The predicted molar refractivity (Wildman–Crippen MR) is 59.8 cm³/mol. The van der Waals surface area contributed by atoms with Crippen LogP contribution >= 0.6 is 0 Å². The van der Waals surface area contributed by atoms with Gasteiger partial charge in [-0.25, -0.2) is 0 Å². The number of hydrogen-bond acceptors (Lipinski definition) is 3. The van der Waals surface area contributed by atoms with Gasteiger partial charge in [0.25, 0.3) is 5.91 Å². The van der Waals surface area contributed by atoms with Crippen molar-refractivity contribution in [2.24, 2.45) is 0 Å². The van der Waals surface area contributed by atoms with Crippen LogP contribution in [0.25, 0.3) is 0 Å². The average molecular weight is 219 g/mol. The van der Waals surface area contributed by atoms with E-state index in [9.17, 15) is 9.59 Å². The number of hydrogen-bond donors (Lipinski definition) is 1. The van der Waals surface area contributed by atoms with Crippen LogP contribution in [-0.2, 0) is 4.79 Å². The number of ketones is 1. The van der Waals surface area contributed by atoms with E-state index in [1.165, 1.54) is 6.92 Å². The highest BCUT2D eigenvalue weighted by molar-refractivity contribution is 6.00. The molecular formula is C12H13NO3. The molecule has 0 radical (unpaired) electrons. The molecule has 1 aliphatic rings. The van der Waals surface area contributed by atoms with Gasteiger partial charge in [0.15, 0.2) is 11.9 Å². The first-order valence-corrected chi connectivity index (χ1v) is 5.24. The van der Waals surface area contributed by atoms with Gasteiger partial charge < -0.3 is 10.1 Å². The Morgan fingerprint density at radius 3 is 2.88 bits per heavy atom. The molecule has 1 aromatic rings. The van der Waals surface area contributed by atoms with Crippen molar-refractivity contribution in [1.29, 1.82) is 0 Å². The van der Waals surface area contributed by atoms with Crippen LogP contribution in [-0.4, -0.2) is 17.8 Å². The molecular weight excluding hydrogens is 206 g/mol. The number of amides is 1. The van der Waals surface area contributed by atoms with E-state index in [0.29, 0.717) is 23.4 Å². The maximum atomic E-state index is 11.5. The van der Waals surface area contributed by atoms with Crippen molar-refractivity contribution in [3.63, 3.8) is 0 Å². The monoisotopic (exact) mass is 219 g/mol. The molecule has 4 heteroatoms. The Labute approximate surface area is 93.6 Å². The summed E-state index contributed by atoms with van der Waals surface area (Å²) in [7, 11) is 0. The Balaban J connectivity index is 2.36. The Morgan fingerprint density at radius 2 is 2.25 bits per heavy atom. The molecule has 84 valence electrons. The fourth-order valence-electron chi connectivity index (χ4n) is 1.64. The second-order valence-electron chi connectivity index (χ2n) is 3.77. The van der Waals surface area contributed by atoms with Crippen molar-refractivity contribution in [1.82, 2.24) is 0 Å². The summed E-state index contributed by atoms with van der Waals surface area (Å²) in [5, 5.41) is 2.74. The first-order valence-electron chi connectivity index (χ1n) is 5.24. The van der Waals surface area contributed by atoms with Gasteiger partial charge in [-0.05, 0) is 31.5 Å². The molecule has 0 saturated heterocycles. The molecule has 1 atom stereocenters. The standard InChI is InChI=1S/C12H13NO3/c1-3-10-12(15)13-9-6-8(7(2)14)4-5-11(9)16-10/h4-6,10H,3H2,1-2H3,(H,13,15)/t10-/m0/s1. The molecule has 0 spiro atoms. The number of carbonyl (C=O) groups is 2. The zero-order valence-electron chi connectivity index (χ0n) is 9.24. The van der Waals surface area contributed by atoms with Crippen molar-refractivity contribution in [3.8, 4) is 5.75 Å². The molecule has 1 aliphatic heterocycles. The van der Waals surface area contributed by atoms with E-state index in [-0.39, 0.29) is 11.7 Å². The predicted octanol–water partition coefficient (Wildman–Crippen LogP) is 2.00. The Hall–Kier alpha value is -1.84. The van der Waals surface area contributed by atoms with Gasteiger partial charge in [0.05, 0.1) is 5.69 Å². The van der Waals surface area contributed by atoms with Gasteiger partial charge in [-0.15, -0.1) is 0 Å². The van der Waals surface area contributed by atoms with Gasteiger partial charge in [-0.1, -0.05) is 6.92 Å². The minimum Gasteiger partial charge on any atom is -0.478 e. The normalized spacial score (nSPS) is 18.4. The summed E-state index contributed by atoms with van der Waals surface area (Å²) >= 11 is 0. The van der Waals surface area contributed by atoms with Crippen LogP contribution in [0.15, 0.2) is 18.2 Å². The van der Waals surface area contributed by atoms with E-state index in [1.807, 2.05) is 6.92 Å². The molecule has 1 aromatic carbocycles. The van der Waals surface area contributed by atoms with Crippen molar-refractivity contribution in [2.75, 3.05) is 5.32 Å². The molecule has 0 aromatic heterocycles. The van der Waals surface area contributed by atoms with Crippen LogP contribution in [0, 0.1) is 0 Å². The minimum absolute atomic E-state index is 0.0327. The summed E-state index contributed by atoms with van der Waals surface area (Å²) < 4.78 is 5.50. The lowest BCUT2D eigenvalue weighted by Crippen LogP contribution is -2.36. The van der Waals surface area contributed by atoms with Gasteiger partial charge in [0.2, 0.25) is 0 Å². The SMILES string of the molecule is CC[C@@H]1Oc2ccc(C(C)=O)cc2NC1=O. The highest BCUT2D eigenvalue weighted by Gasteiger charge is 2.26. The molecule has 0 aliphatic carbocycles. The molecule has 16 heavy (non-hydrogen) atoms. The van der Waals surface area contributed by atoms with Crippen LogP contribution in [0.3, 0.4) is 0 Å². The summed E-state index contributed by atoms with van der Waals surface area (Å²) in [6.07, 6.45) is 0.190. The average Bonchev–Trinajstić information content (AvgIpc) is 2.27. The van der Waals surface area contributed by atoms with Crippen LogP contribution < -0.4 is 10.1 Å². The number of nitrogens with one attached hydrogen (secondary N) is 1. The summed E-state index contributed by atoms with van der Waals surface area (Å²) in [4.78, 5) is 22.7. The van der Waals surface area contributed by atoms with Gasteiger partial charge >= 0.3 is 0 Å². The number of anilines is 1. The number of benzene rings is 1. The molecule has 1 heterocycles. The largest absolute Gasteiger partial charge is 0.478 e. The van der Waals surface area contributed by atoms with Crippen LogP contribution in [0.5, 0.6) is 5.75 Å². The van der Waals surface area contributed by atoms with E-state index < -0.39 is 6.10 Å². The lowest BCUT2D eigenvalue weighted by Gasteiger charge is -2.25. The fourth-order valence-corrected chi connectivity index (χ4v) is 1.64. The van der Waals surface area contributed by atoms with E-state index in [0.717, 1.165) is 0 Å². The number of Topliss-reactive ketones (excluding diaryl/α,β-unsaturated/α-hetero) is 1. The van der Waals surface area contributed by atoms with E-state index in [2.05, 4.69) is 5.32 Å². The third-order valence-electron chi connectivity index (χ3n) is 2.58. The van der Waals surface area contributed by atoms with Gasteiger partial charge in [0.1, 0.15) is 5.75 Å². The van der Waals surface area contributed by atoms with Gasteiger partial charge in [0, 0.05) is 5.56 Å². The van der Waals surface area contributed by atoms with E-state index in [4.69, 9.17) is 4.74 Å². The summed E-state index contributed by atoms with van der Waals surface area (Å²) in [6, 6.07) is 5.06. The number of ether oxygens (including phenoxy) is 1. The Bertz CT molecular complexity index is 454. The number of fused-ring (bicyclic) bond motifs is 1. The lowest BCUT2D eigenvalue weighted by atomic mass is 10.1. The molecule has 1 amide bonds. The third kappa shape index (κ3) is 1.78. The van der Waals surface area contributed by atoms with Crippen LogP contribution in [0.2, 0.25) is 0 Å². The van der Waals surface area contributed by atoms with E-state index in [1.54, 1.807) is 18.2 Å². The highest BCUT2D eigenvalue weighted by atomic mass is 16.5. The molecule has 2 rings (SSSR count). The summed E-state index contributed by atoms with van der Waals surface area (Å²) in [5.41, 5.74) is 1.14. The second kappa shape index (κ2) is 3.96. The summed E-state index contributed by atoms with van der Waals surface area (Å²) in [6.45, 7) is 3.38. The minimum atomic E-state index is -0.435. The van der Waals surface area contributed by atoms with Crippen LogP contribution in [0.1, 0.15) is 30.6 Å². The third-order valence-corrected chi connectivity index (χ3v) is 2.58. The molecule has 0 unspecified atom stereocenters. The highest BCUT2D eigenvalue weighted by Crippen LogP contribution is 2.31. The molecule has 0 fully saturated rings. The Morgan fingerprint density at radius 1 is 1.50 bits per heavy atom. The first-order chi connectivity index (χ1) is 7.61. The quantitative estimate of drug-likeness (QED) is 0.774. The van der Waals surface area contributed by atoms with Gasteiger partial charge in [-0.3, -0.25) is 9.59 Å². The smallest absolute Gasteiger partial charge is 0.265 e. The van der Waals surface area contributed by atoms with Crippen molar-refractivity contribution < 1.29 is 14.3 Å². The lowest BCUT2D eigenvalue weighted by molar-refractivity contribution is -0.123. The van der Waals surface area contributed by atoms with Crippen molar-refractivity contribution in [2.45, 2.75) is 26.4 Å². The van der Waals surface area contributed by atoms with Crippen molar-refractivity contribution in [3.05, 3.63) is 23.8 Å². The first kappa shape index (κ1) is 10.7. The molecule has 0 saturated carbocycles. The fraction of sp³-hybridized carbons (Fsp3) is 0.333.